The molecule has 0 aliphatic rings. The molecule has 4 heteroatoms. The van der Waals surface area contributed by atoms with Crippen LogP contribution < -0.4 is 11.1 Å². The van der Waals surface area contributed by atoms with Crippen LogP contribution in [0, 0.1) is 0 Å². The molecule has 100 valence electrons. The van der Waals surface area contributed by atoms with E-state index in [2.05, 4.69) is 5.32 Å². The van der Waals surface area contributed by atoms with Gasteiger partial charge in [0.1, 0.15) is 0 Å². The average Bonchev–Trinajstić information content (AvgIpc) is 2.27. The fourth-order valence-corrected chi connectivity index (χ4v) is 1.72. The van der Waals surface area contributed by atoms with Gasteiger partial charge in [0.15, 0.2) is 0 Å². The minimum atomic E-state index is -0.158. The monoisotopic (exact) mass is 249 g/mol. The molecule has 3 N–H and O–H groups in total. The number of amides is 1. The molecule has 4 nitrogen and oxygen atoms in total. The maximum Gasteiger partial charge on any atom is 0.237 e. The summed E-state index contributed by atoms with van der Waals surface area (Å²) < 4.78 is 0. The number of nitrogens with one attached hydrogen (secondary N) is 1. The Bertz CT molecular complexity index is 404. The Morgan fingerprint density at radius 3 is 2.61 bits per heavy atom. The lowest BCUT2D eigenvalue weighted by Crippen LogP contribution is -2.45. The molecule has 0 fully saturated rings. The first-order valence-corrected chi connectivity index (χ1v) is 6.25. The van der Waals surface area contributed by atoms with Crippen molar-refractivity contribution in [2.45, 2.75) is 39.4 Å². The van der Waals surface area contributed by atoms with Gasteiger partial charge in [-0.15, -0.1) is 0 Å². The highest BCUT2D eigenvalue weighted by Gasteiger charge is 2.18. The maximum atomic E-state index is 11.9. The normalized spacial score (nSPS) is 12.8. The van der Waals surface area contributed by atoms with Gasteiger partial charge in [0.05, 0.1) is 6.04 Å². The summed E-state index contributed by atoms with van der Waals surface area (Å²) in [5, 5.41) is 2.92. The van der Waals surface area contributed by atoms with E-state index < -0.39 is 0 Å². The molecule has 1 aromatic carbocycles. The molecule has 0 bridgehead atoms. The molecule has 0 heterocycles. The number of hydrogen-bond donors (Lipinski definition) is 2. The highest BCUT2D eigenvalue weighted by atomic mass is 16.2. The van der Waals surface area contributed by atoms with Crippen molar-refractivity contribution in [1.82, 2.24) is 10.2 Å². The van der Waals surface area contributed by atoms with Crippen LogP contribution in [-0.2, 0) is 11.3 Å². The van der Waals surface area contributed by atoms with Gasteiger partial charge in [0, 0.05) is 18.3 Å². The molecular formula is C14H23N3O. The van der Waals surface area contributed by atoms with Gasteiger partial charge < -0.3 is 11.1 Å². The van der Waals surface area contributed by atoms with Crippen molar-refractivity contribution in [3.63, 3.8) is 0 Å². The highest BCUT2D eigenvalue weighted by molar-refractivity contribution is 5.81. The highest BCUT2D eigenvalue weighted by Crippen LogP contribution is 2.10. The smallest absolute Gasteiger partial charge is 0.237 e. The van der Waals surface area contributed by atoms with Crippen LogP contribution in [-0.4, -0.2) is 29.9 Å². The summed E-state index contributed by atoms with van der Waals surface area (Å²) in [6.45, 7) is 6.53. The van der Waals surface area contributed by atoms with Gasteiger partial charge in [-0.1, -0.05) is 12.1 Å². The van der Waals surface area contributed by atoms with Gasteiger partial charge in [0.25, 0.3) is 0 Å². The summed E-state index contributed by atoms with van der Waals surface area (Å²) in [5.41, 5.74) is 7.60. The predicted molar refractivity (Wildman–Crippen MR) is 75.1 cm³/mol. The summed E-state index contributed by atoms with van der Waals surface area (Å²) in [6, 6.07) is 7.74. The van der Waals surface area contributed by atoms with Crippen molar-refractivity contribution in [2.24, 2.45) is 0 Å². The van der Waals surface area contributed by atoms with E-state index >= 15 is 0 Å². The Balaban J connectivity index is 2.59. The second-order valence-electron chi connectivity index (χ2n) is 5.00. The summed E-state index contributed by atoms with van der Waals surface area (Å²) in [4.78, 5) is 13.9. The Morgan fingerprint density at radius 1 is 1.39 bits per heavy atom. The van der Waals surface area contributed by atoms with E-state index in [0.29, 0.717) is 6.54 Å². The third-order valence-corrected chi connectivity index (χ3v) is 2.85. The number of benzene rings is 1. The maximum absolute atomic E-state index is 11.9. The van der Waals surface area contributed by atoms with E-state index in [1.54, 1.807) is 0 Å². The molecule has 0 aliphatic heterocycles. The SMILES string of the molecule is CC(C)NC(=O)C(C)N(C)Cc1cccc(N)c1. The quantitative estimate of drug-likeness (QED) is 0.780. The number of nitrogens with zero attached hydrogens (tertiary/aromatic N) is 1. The van der Waals surface area contributed by atoms with Crippen molar-refractivity contribution in [2.75, 3.05) is 12.8 Å². The van der Waals surface area contributed by atoms with Crippen LogP contribution >= 0.6 is 0 Å². The van der Waals surface area contributed by atoms with Gasteiger partial charge in [-0.3, -0.25) is 9.69 Å². The lowest BCUT2D eigenvalue weighted by molar-refractivity contribution is -0.126. The van der Waals surface area contributed by atoms with E-state index in [1.807, 2.05) is 57.0 Å². The number of carbonyl (C=O) groups is 1. The standard InChI is InChI=1S/C14H23N3O/c1-10(2)16-14(18)11(3)17(4)9-12-6-5-7-13(15)8-12/h5-8,10-11H,9,15H2,1-4H3,(H,16,18). The number of likely N-dealkylation sites (N-methyl/N-ethyl adjacent to an activating group) is 1. The van der Waals surface area contributed by atoms with Crippen molar-refractivity contribution in [1.29, 1.82) is 0 Å². The molecule has 0 saturated carbocycles. The van der Waals surface area contributed by atoms with Crippen LogP contribution in [0.2, 0.25) is 0 Å². The van der Waals surface area contributed by atoms with E-state index in [9.17, 15) is 4.79 Å². The van der Waals surface area contributed by atoms with E-state index in [1.165, 1.54) is 0 Å². The number of nitrogen functional groups attached to an aromatic ring is 1. The number of carbonyl (C=O) groups excluding carboxylic acids is 1. The fraction of sp³-hybridized carbons (Fsp3) is 0.500. The largest absolute Gasteiger partial charge is 0.399 e. The Hall–Kier alpha value is -1.55. The number of hydrogen-bond acceptors (Lipinski definition) is 3. The Kier molecular flexibility index (Phi) is 5.16. The van der Waals surface area contributed by atoms with Crippen LogP contribution in [0.5, 0.6) is 0 Å². The first kappa shape index (κ1) is 14.5. The molecule has 0 aliphatic carbocycles. The molecule has 0 spiro atoms. The van der Waals surface area contributed by atoms with Gasteiger partial charge >= 0.3 is 0 Å². The molecule has 1 unspecified atom stereocenters. The van der Waals surface area contributed by atoms with E-state index in [0.717, 1.165) is 11.3 Å². The molecule has 0 aromatic heterocycles. The van der Waals surface area contributed by atoms with Crippen LogP contribution in [0.1, 0.15) is 26.3 Å². The predicted octanol–water partition coefficient (Wildman–Crippen LogP) is 1.61. The van der Waals surface area contributed by atoms with Crippen molar-refractivity contribution in [3.8, 4) is 0 Å². The molecule has 1 amide bonds. The van der Waals surface area contributed by atoms with Gasteiger partial charge in [0.2, 0.25) is 5.91 Å². The zero-order valence-electron chi connectivity index (χ0n) is 11.6. The van der Waals surface area contributed by atoms with Gasteiger partial charge in [-0.05, 0) is 45.5 Å². The summed E-state index contributed by atoms with van der Waals surface area (Å²) in [6.07, 6.45) is 0. The number of nitrogens with two attached hydrogens (primary N) is 1. The molecule has 18 heavy (non-hydrogen) atoms. The number of anilines is 1. The van der Waals surface area contributed by atoms with Crippen LogP contribution in [0.25, 0.3) is 0 Å². The minimum absolute atomic E-state index is 0.0522. The topological polar surface area (TPSA) is 58.4 Å². The summed E-state index contributed by atoms with van der Waals surface area (Å²) in [7, 11) is 1.94. The summed E-state index contributed by atoms with van der Waals surface area (Å²) >= 11 is 0. The molecular weight excluding hydrogens is 226 g/mol. The van der Waals surface area contributed by atoms with Gasteiger partial charge in [-0.2, -0.15) is 0 Å². The van der Waals surface area contributed by atoms with E-state index in [-0.39, 0.29) is 18.0 Å². The zero-order valence-corrected chi connectivity index (χ0v) is 11.6. The zero-order chi connectivity index (χ0) is 13.7. The Morgan fingerprint density at radius 2 is 2.06 bits per heavy atom. The molecule has 1 rings (SSSR count). The van der Waals surface area contributed by atoms with Gasteiger partial charge in [-0.25, -0.2) is 0 Å². The first-order valence-electron chi connectivity index (χ1n) is 6.25. The third kappa shape index (κ3) is 4.37. The second-order valence-corrected chi connectivity index (χ2v) is 5.00. The average molecular weight is 249 g/mol. The summed E-state index contributed by atoms with van der Waals surface area (Å²) in [5.74, 6) is 0.0522. The van der Waals surface area contributed by atoms with Crippen LogP contribution in [0.4, 0.5) is 5.69 Å². The third-order valence-electron chi connectivity index (χ3n) is 2.85. The molecule has 0 saturated heterocycles. The first-order chi connectivity index (χ1) is 8.40. The van der Waals surface area contributed by atoms with Crippen molar-refractivity contribution >= 4 is 11.6 Å². The molecule has 0 radical (unpaired) electrons. The fourth-order valence-electron chi connectivity index (χ4n) is 1.72. The Labute approximate surface area is 109 Å². The van der Waals surface area contributed by atoms with E-state index in [4.69, 9.17) is 5.73 Å². The lowest BCUT2D eigenvalue weighted by atomic mass is 10.1. The van der Waals surface area contributed by atoms with Crippen molar-refractivity contribution < 1.29 is 4.79 Å². The molecule has 1 aromatic rings. The second kappa shape index (κ2) is 6.40. The van der Waals surface area contributed by atoms with Crippen LogP contribution in [0.3, 0.4) is 0 Å². The van der Waals surface area contributed by atoms with Crippen LogP contribution in [0.15, 0.2) is 24.3 Å². The minimum Gasteiger partial charge on any atom is -0.399 e. The lowest BCUT2D eigenvalue weighted by Gasteiger charge is -2.25. The van der Waals surface area contributed by atoms with Crippen molar-refractivity contribution in [3.05, 3.63) is 29.8 Å². The number of rotatable bonds is 5. The molecule has 1 atom stereocenters.